The number of aryl methyl sites for hydroxylation is 1. The third-order valence-corrected chi connectivity index (χ3v) is 6.00. The van der Waals surface area contributed by atoms with Crippen LogP contribution in [-0.4, -0.2) is 0 Å². The van der Waals surface area contributed by atoms with Crippen LogP contribution >= 0.6 is 47.8 Å². The second kappa shape index (κ2) is 6.23. The molecule has 0 spiro atoms. The summed E-state index contributed by atoms with van der Waals surface area (Å²) >= 11 is 11.2. The molecule has 0 fully saturated rings. The molecular formula is C18H13Br3. The molecule has 3 rings (SSSR count). The smallest absolute Gasteiger partial charge is 0.0661 e. The zero-order valence-electron chi connectivity index (χ0n) is 11.4. The van der Waals surface area contributed by atoms with Gasteiger partial charge in [-0.25, -0.2) is 0 Å². The zero-order chi connectivity index (χ0) is 15.0. The van der Waals surface area contributed by atoms with Gasteiger partial charge in [0.25, 0.3) is 0 Å². The SMILES string of the molecule is Cc1ccc(Br)c(C(Br)c2ccc(Br)c3ccccc23)c1. The predicted molar refractivity (Wildman–Crippen MR) is 101 cm³/mol. The van der Waals surface area contributed by atoms with Gasteiger partial charge in [0.05, 0.1) is 4.83 Å². The lowest BCUT2D eigenvalue weighted by Crippen LogP contribution is -1.96. The number of hydrogen-bond acceptors (Lipinski definition) is 0. The zero-order valence-corrected chi connectivity index (χ0v) is 16.2. The molecule has 0 aliphatic carbocycles. The summed E-state index contributed by atoms with van der Waals surface area (Å²) in [7, 11) is 0. The standard InChI is InChI=1S/C18H13Br3/c1-11-6-8-17(20)15(10-11)18(21)14-7-9-16(19)13-5-3-2-4-12(13)14/h2-10,18H,1H3. The number of fused-ring (bicyclic) bond motifs is 1. The van der Waals surface area contributed by atoms with Crippen LogP contribution in [-0.2, 0) is 0 Å². The number of rotatable bonds is 2. The van der Waals surface area contributed by atoms with Crippen LogP contribution in [0.5, 0.6) is 0 Å². The molecular weight excluding hydrogens is 456 g/mol. The molecule has 0 aliphatic rings. The van der Waals surface area contributed by atoms with E-state index in [9.17, 15) is 0 Å². The lowest BCUT2D eigenvalue weighted by molar-refractivity contribution is 1.17. The van der Waals surface area contributed by atoms with Crippen molar-refractivity contribution in [1.82, 2.24) is 0 Å². The fourth-order valence-electron chi connectivity index (χ4n) is 2.53. The minimum atomic E-state index is 0.157. The summed E-state index contributed by atoms with van der Waals surface area (Å²) in [4.78, 5) is 0.157. The van der Waals surface area contributed by atoms with Gasteiger partial charge in [0.2, 0.25) is 0 Å². The summed E-state index contributed by atoms with van der Waals surface area (Å²) in [5.41, 5.74) is 3.79. The molecule has 0 saturated carbocycles. The number of halogens is 3. The van der Waals surface area contributed by atoms with Crippen molar-refractivity contribution in [1.29, 1.82) is 0 Å². The Morgan fingerprint density at radius 1 is 0.762 bits per heavy atom. The largest absolute Gasteiger partial charge is 0.0786 e. The third kappa shape index (κ3) is 2.96. The Balaban J connectivity index is 2.20. The highest BCUT2D eigenvalue weighted by atomic mass is 79.9. The van der Waals surface area contributed by atoms with E-state index < -0.39 is 0 Å². The molecule has 3 heteroatoms. The van der Waals surface area contributed by atoms with Gasteiger partial charge in [-0.2, -0.15) is 0 Å². The van der Waals surface area contributed by atoms with E-state index in [0.717, 1.165) is 8.95 Å². The van der Waals surface area contributed by atoms with E-state index in [0.29, 0.717) is 0 Å². The van der Waals surface area contributed by atoms with Gasteiger partial charge >= 0.3 is 0 Å². The molecule has 21 heavy (non-hydrogen) atoms. The van der Waals surface area contributed by atoms with Crippen LogP contribution in [0.3, 0.4) is 0 Å². The molecule has 0 nitrogen and oxygen atoms in total. The fourth-order valence-corrected chi connectivity index (χ4v) is 4.57. The van der Waals surface area contributed by atoms with Crippen molar-refractivity contribution in [2.24, 2.45) is 0 Å². The molecule has 0 heterocycles. The van der Waals surface area contributed by atoms with Crippen molar-refractivity contribution in [3.8, 4) is 0 Å². The van der Waals surface area contributed by atoms with Gasteiger partial charge in [0, 0.05) is 8.95 Å². The van der Waals surface area contributed by atoms with E-state index >= 15 is 0 Å². The van der Waals surface area contributed by atoms with Crippen LogP contribution < -0.4 is 0 Å². The third-order valence-electron chi connectivity index (χ3n) is 3.60. The molecule has 0 N–H and O–H groups in total. The lowest BCUT2D eigenvalue weighted by atomic mass is 9.97. The Bertz CT molecular complexity index is 809. The predicted octanol–water partition coefficient (Wildman–Crippen LogP) is 7.16. The maximum atomic E-state index is 3.88. The maximum absolute atomic E-state index is 3.88. The first kappa shape index (κ1) is 15.3. The second-order valence-corrected chi connectivity index (χ2v) is 7.69. The minimum Gasteiger partial charge on any atom is -0.0786 e. The molecule has 0 amide bonds. The quantitative estimate of drug-likeness (QED) is 0.350. The van der Waals surface area contributed by atoms with Crippen LogP contribution in [0.4, 0.5) is 0 Å². The summed E-state index contributed by atoms with van der Waals surface area (Å²) in [5, 5.41) is 2.50. The van der Waals surface area contributed by atoms with E-state index in [-0.39, 0.29) is 4.83 Å². The monoisotopic (exact) mass is 466 g/mol. The summed E-state index contributed by atoms with van der Waals surface area (Å²) in [6.45, 7) is 2.12. The van der Waals surface area contributed by atoms with Crippen molar-refractivity contribution in [3.05, 3.63) is 80.2 Å². The molecule has 0 aliphatic heterocycles. The van der Waals surface area contributed by atoms with Gasteiger partial charge in [0.1, 0.15) is 0 Å². The second-order valence-electron chi connectivity index (χ2n) is 5.07. The van der Waals surface area contributed by atoms with Gasteiger partial charge in [-0.15, -0.1) is 0 Å². The average Bonchev–Trinajstić information content (AvgIpc) is 2.50. The topological polar surface area (TPSA) is 0 Å². The Hall–Kier alpha value is -0.640. The highest BCUT2D eigenvalue weighted by Crippen LogP contribution is 2.40. The summed E-state index contributed by atoms with van der Waals surface area (Å²) in [6.07, 6.45) is 0. The molecule has 0 radical (unpaired) electrons. The van der Waals surface area contributed by atoms with Gasteiger partial charge in [-0.05, 0) is 41.0 Å². The van der Waals surface area contributed by atoms with Gasteiger partial charge < -0.3 is 0 Å². The minimum absolute atomic E-state index is 0.157. The highest BCUT2D eigenvalue weighted by Gasteiger charge is 2.17. The number of benzene rings is 3. The molecule has 3 aromatic rings. The fraction of sp³-hybridized carbons (Fsp3) is 0.111. The van der Waals surface area contributed by atoms with Crippen molar-refractivity contribution in [2.45, 2.75) is 11.8 Å². The molecule has 3 aromatic carbocycles. The van der Waals surface area contributed by atoms with Gasteiger partial charge in [-0.3, -0.25) is 0 Å². The van der Waals surface area contributed by atoms with Crippen LogP contribution in [0.1, 0.15) is 21.5 Å². The number of hydrogen-bond donors (Lipinski definition) is 0. The first-order chi connectivity index (χ1) is 10.1. The van der Waals surface area contributed by atoms with Crippen molar-refractivity contribution >= 4 is 58.6 Å². The van der Waals surface area contributed by atoms with Crippen molar-refractivity contribution in [2.75, 3.05) is 0 Å². The summed E-state index contributed by atoms with van der Waals surface area (Å²) in [5.74, 6) is 0. The highest BCUT2D eigenvalue weighted by molar-refractivity contribution is 9.11. The van der Waals surface area contributed by atoms with Gasteiger partial charge in [-0.1, -0.05) is 95.8 Å². The van der Waals surface area contributed by atoms with E-state index in [2.05, 4.69) is 109 Å². The van der Waals surface area contributed by atoms with Crippen LogP contribution in [0.2, 0.25) is 0 Å². The average molecular weight is 469 g/mol. The molecule has 0 aromatic heterocycles. The molecule has 1 unspecified atom stereocenters. The van der Waals surface area contributed by atoms with Gasteiger partial charge in [0.15, 0.2) is 0 Å². The van der Waals surface area contributed by atoms with E-state index in [1.165, 1.54) is 27.5 Å². The first-order valence-electron chi connectivity index (χ1n) is 6.65. The molecule has 0 bridgehead atoms. The van der Waals surface area contributed by atoms with Crippen LogP contribution in [0.25, 0.3) is 10.8 Å². The number of alkyl halides is 1. The van der Waals surface area contributed by atoms with Crippen molar-refractivity contribution < 1.29 is 0 Å². The van der Waals surface area contributed by atoms with E-state index in [4.69, 9.17) is 0 Å². The summed E-state index contributed by atoms with van der Waals surface area (Å²) < 4.78 is 2.26. The Morgan fingerprint density at radius 2 is 1.43 bits per heavy atom. The first-order valence-corrected chi connectivity index (χ1v) is 9.15. The Labute approximate surface area is 150 Å². The Morgan fingerprint density at radius 3 is 2.19 bits per heavy atom. The van der Waals surface area contributed by atoms with E-state index in [1.807, 2.05) is 0 Å². The van der Waals surface area contributed by atoms with Crippen LogP contribution in [0.15, 0.2) is 63.5 Å². The molecule has 0 saturated heterocycles. The van der Waals surface area contributed by atoms with Crippen LogP contribution in [0, 0.1) is 6.92 Å². The maximum Gasteiger partial charge on any atom is 0.0661 e. The Kier molecular flexibility index (Phi) is 4.53. The van der Waals surface area contributed by atoms with Crippen molar-refractivity contribution in [3.63, 3.8) is 0 Å². The summed E-state index contributed by atoms with van der Waals surface area (Å²) in [6, 6.07) is 19.2. The lowest BCUT2D eigenvalue weighted by Gasteiger charge is -2.16. The normalized spacial score (nSPS) is 12.6. The van der Waals surface area contributed by atoms with E-state index in [1.54, 1.807) is 0 Å². The molecule has 106 valence electrons. The molecule has 1 atom stereocenters.